The van der Waals surface area contributed by atoms with Gasteiger partial charge in [0.15, 0.2) is 0 Å². The van der Waals surface area contributed by atoms with Gasteiger partial charge in [0.25, 0.3) is 0 Å². The van der Waals surface area contributed by atoms with Gasteiger partial charge in [-0.05, 0) is 32.1 Å². The zero-order valence-corrected chi connectivity index (χ0v) is 10.0. The Kier molecular flexibility index (Phi) is 5.83. The second-order valence-corrected chi connectivity index (χ2v) is 4.61. The molecule has 1 saturated carbocycles. The van der Waals surface area contributed by atoms with E-state index in [0.717, 1.165) is 18.9 Å². The number of rotatable bonds is 6. The Morgan fingerprint density at radius 2 is 2.29 bits per heavy atom. The van der Waals surface area contributed by atoms with Crippen LogP contribution in [0.5, 0.6) is 0 Å². The fourth-order valence-electron chi connectivity index (χ4n) is 2.18. The molecule has 0 spiro atoms. The van der Waals surface area contributed by atoms with E-state index in [9.17, 15) is 0 Å². The molecular formula is C11H22ClNO. The van der Waals surface area contributed by atoms with Crippen LogP contribution in [0.15, 0.2) is 0 Å². The number of alkyl halides is 1. The van der Waals surface area contributed by atoms with Gasteiger partial charge in [-0.2, -0.15) is 0 Å². The number of halogens is 1. The minimum absolute atomic E-state index is 0.545. The molecular weight excluding hydrogens is 198 g/mol. The van der Waals surface area contributed by atoms with E-state index in [0.29, 0.717) is 18.0 Å². The number of hydrogen-bond donors (Lipinski definition) is 1. The SMILES string of the molecule is COCCC(C)NC1CCCC1CCl. The van der Waals surface area contributed by atoms with Crippen LogP contribution >= 0.6 is 11.6 Å². The molecule has 1 fully saturated rings. The molecule has 84 valence electrons. The third-order valence-electron chi connectivity index (χ3n) is 3.11. The van der Waals surface area contributed by atoms with Crippen molar-refractivity contribution in [1.29, 1.82) is 0 Å². The lowest BCUT2D eigenvalue weighted by Gasteiger charge is -2.23. The van der Waals surface area contributed by atoms with Gasteiger partial charge in [-0.25, -0.2) is 0 Å². The van der Waals surface area contributed by atoms with Crippen molar-refractivity contribution in [1.82, 2.24) is 5.32 Å². The van der Waals surface area contributed by atoms with Gasteiger partial charge in [-0.1, -0.05) is 6.42 Å². The summed E-state index contributed by atoms with van der Waals surface area (Å²) in [5, 5.41) is 3.65. The summed E-state index contributed by atoms with van der Waals surface area (Å²) in [6, 6.07) is 1.18. The first-order chi connectivity index (χ1) is 6.77. The number of nitrogens with one attached hydrogen (secondary N) is 1. The average molecular weight is 220 g/mol. The van der Waals surface area contributed by atoms with Gasteiger partial charge in [0.2, 0.25) is 0 Å². The van der Waals surface area contributed by atoms with E-state index in [4.69, 9.17) is 16.3 Å². The Morgan fingerprint density at radius 3 is 2.93 bits per heavy atom. The van der Waals surface area contributed by atoms with Gasteiger partial charge in [-0.15, -0.1) is 11.6 Å². The van der Waals surface area contributed by atoms with Crippen LogP contribution < -0.4 is 5.32 Å². The van der Waals surface area contributed by atoms with Crippen LogP contribution in [0.2, 0.25) is 0 Å². The van der Waals surface area contributed by atoms with Crippen molar-refractivity contribution in [3.63, 3.8) is 0 Å². The van der Waals surface area contributed by atoms with E-state index in [-0.39, 0.29) is 0 Å². The molecule has 0 amide bonds. The molecule has 3 atom stereocenters. The zero-order chi connectivity index (χ0) is 10.4. The largest absolute Gasteiger partial charge is 0.385 e. The van der Waals surface area contributed by atoms with Gasteiger partial charge in [0, 0.05) is 31.7 Å². The Hall–Kier alpha value is 0.210. The first-order valence-electron chi connectivity index (χ1n) is 5.59. The normalized spacial score (nSPS) is 29.4. The molecule has 0 aromatic heterocycles. The van der Waals surface area contributed by atoms with Gasteiger partial charge < -0.3 is 10.1 Å². The van der Waals surface area contributed by atoms with Gasteiger partial charge in [0.05, 0.1) is 0 Å². The number of ether oxygens (including phenoxy) is 1. The van der Waals surface area contributed by atoms with E-state index in [1.165, 1.54) is 19.3 Å². The standard InChI is InChI=1S/C11H22ClNO/c1-9(6-7-14-2)13-11-5-3-4-10(11)8-12/h9-11,13H,3-8H2,1-2H3. The maximum Gasteiger partial charge on any atom is 0.0476 e. The van der Waals surface area contributed by atoms with Crippen LogP contribution in [-0.2, 0) is 4.74 Å². The molecule has 2 nitrogen and oxygen atoms in total. The lowest BCUT2D eigenvalue weighted by atomic mass is 10.0. The van der Waals surface area contributed by atoms with Gasteiger partial charge >= 0.3 is 0 Å². The summed E-state index contributed by atoms with van der Waals surface area (Å²) in [4.78, 5) is 0. The van der Waals surface area contributed by atoms with Crippen molar-refractivity contribution in [3.05, 3.63) is 0 Å². The summed E-state index contributed by atoms with van der Waals surface area (Å²) in [6.45, 7) is 3.06. The Balaban J connectivity index is 2.21. The third-order valence-corrected chi connectivity index (χ3v) is 3.51. The lowest BCUT2D eigenvalue weighted by Crippen LogP contribution is -2.39. The van der Waals surface area contributed by atoms with Crippen LogP contribution in [-0.4, -0.2) is 31.7 Å². The fraction of sp³-hybridized carbons (Fsp3) is 1.00. The molecule has 1 aliphatic carbocycles. The number of hydrogen-bond acceptors (Lipinski definition) is 2. The van der Waals surface area contributed by atoms with E-state index < -0.39 is 0 Å². The summed E-state index contributed by atoms with van der Waals surface area (Å²) in [7, 11) is 1.75. The molecule has 0 heterocycles. The average Bonchev–Trinajstić information content (AvgIpc) is 2.62. The lowest BCUT2D eigenvalue weighted by molar-refractivity contribution is 0.181. The molecule has 0 saturated heterocycles. The molecule has 0 radical (unpaired) electrons. The predicted octanol–water partition coefficient (Wildman–Crippen LogP) is 2.41. The van der Waals surface area contributed by atoms with Crippen molar-refractivity contribution >= 4 is 11.6 Å². The molecule has 3 heteroatoms. The minimum atomic E-state index is 0.545. The van der Waals surface area contributed by atoms with E-state index in [1.54, 1.807) is 7.11 Å². The smallest absolute Gasteiger partial charge is 0.0476 e. The van der Waals surface area contributed by atoms with Crippen molar-refractivity contribution in [3.8, 4) is 0 Å². The van der Waals surface area contributed by atoms with Crippen LogP contribution in [0, 0.1) is 5.92 Å². The van der Waals surface area contributed by atoms with E-state index in [2.05, 4.69) is 12.2 Å². The van der Waals surface area contributed by atoms with Crippen LogP contribution in [0.1, 0.15) is 32.6 Å². The maximum absolute atomic E-state index is 5.93. The molecule has 3 unspecified atom stereocenters. The highest BCUT2D eigenvalue weighted by Gasteiger charge is 2.26. The highest BCUT2D eigenvalue weighted by molar-refractivity contribution is 6.18. The second kappa shape index (κ2) is 6.65. The molecule has 1 aliphatic rings. The Bertz CT molecular complexity index is 154. The minimum Gasteiger partial charge on any atom is -0.385 e. The summed E-state index contributed by atoms with van der Waals surface area (Å²) >= 11 is 5.93. The van der Waals surface area contributed by atoms with Crippen LogP contribution in [0.3, 0.4) is 0 Å². The molecule has 0 aromatic carbocycles. The highest BCUT2D eigenvalue weighted by atomic mass is 35.5. The molecule has 0 bridgehead atoms. The number of methoxy groups -OCH3 is 1. The Morgan fingerprint density at radius 1 is 1.50 bits per heavy atom. The van der Waals surface area contributed by atoms with Crippen LogP contribution in [0.4, 0.5) is 0 Å². The van der Waals surface area contributed by atoms with Gasteiger partial charge in [0.1, 0.15) is 0 Å². The fourth-order valence-corrected chi connectivity index (χ4v) is 2.55. The summed E-state index contributed by atoms with van der Waals surface area (Å²) < 4.78 is 5.06. The topological polar surface area (TPSA) is 21.3 Å². The molecule has 14 heavy (non-hydrogen) atoms. The third kappa shape index (κ3) is 3.76. The zero-order valence-electron chi connectivity index (χ0n) is 9.26. The van der Waals surface area contributed by atoms with Crippen molar-refractivity contribution in [2.75, 3.05) is 19.6 Å². The highest BCUT2D eigenvalue weighted by Crippen LogP contribution is 2.27. The summed E-state index contributed by atoms with van der Waals surface area (Å²) in [5.41, 5.74) is 0. The monoisotopic (exact) mass is 219 g/mol. The Labute approximate surface area is 92.3 Å². The van der Waals surface area contributed by atoms with E-state index >= 15 is 0 Å². The molecule has 1 N–H and O–H groups in total. The van der Waals surface area contributed by atoms with E-state index in [1.807, 2.05) is 0 Å². The second-order valence-electron chi connectivity index (χ2n) is 4.30. The maximum atomic E-state index is 5.93. The van der Waals surface area contributed by atoms with Crippen molar-refractivity contribution in [2.24, 2.45) is 5.92 Å². The summed E-state index contributed by atoms with van der Waals surface area (Å²) in [6.07, 6.45) is 4.99. The molecule has 1 rings (SSSR count). The molecule has 0 aliphatic heterocycles. The van der Waals surface area contributed by atoms with Crippen molar-refractivity contribution in [2.45, 2.75) is 44.7 Å². The molecule has 0 aromatic rings. The van der Waals surface area contributed by atoms with Crippen LogP contribution in [0.25, 0.3) is 0 Å². The quantitative estimate of drug-likeness (QED) is 0.693. The predicted molar refractivity (Wildman–Crippen MR) is 60.9 cm³/mol. The first-order valence-corrected chi connectivity index (χ1v) is 6.12. The first kappa shape index (κ1) is 12.3. The van der Waals surface area contributed by atoms with Gasteiger partial charge in [-0.3, -0.25) is 0 Å². The van der Waals surface area contributed by atoms with Crippen molar-refractivity contribution < 1.29 is 4.74 Å². The summed E-state index contributed by atoms with van der Waals surface area (Å²) in [5.74, 6) is 1.48.